The van der Waals surface area contributed by atoms with Crippen LogP contribution in [-0.2, 0) is 16.6 Å². The van der Waals surface area contributed by atoms with E-state index < -0.39 is 0 Å². The van der Waals surface area contributed by atoms with Crippen molar-refractivity contribution in [2.24, 2.45) is 13.0 Å². The van der Waals surface area contributed by atoms with Gasteiger partial charge in [0, 0.05) is 36.3 Å². The minimum absolute atomic E-state index is 0.0477. The number of carbonyl (C=O) groups is 1. The minimum Gasteiger partial charge on any atom is -0.378 e. The maximum Gasteiger partial charge on any atom is 0.228 e. The number of pyridine rings is 1. The summed E-state index contributed by atoms with van der Waals surface area (Å²) in [6.45, 7) is 3.59. The van der Waals surface area contributed by atoms with E-state index in [2.05, 4.69) is 38.5 Å². The monoisotopic (exact) mass is 391 g/mol. The van der Waals surface area contributed by atoms with Gasteiger partial charge in [-0.25, -0.2) is 4.98 Å². The van der Waals surface area contributed by atoms with E-state index in [0.717, 1.165) is 61.0 Å². The number of benzene rings is 1. The van der Waals surface area contributed by atoms with Gasteiger partial charge in [0.1, 0.15) is 5.82 Å². The summed E-state index contributed by atoms with van der Waals surface area (Å²) in [5, 5.41) is 9.37. The highest BCUT2D eigenvalue weighted by Gasteiger charge is 2.32. The molecule has 29 heavy (non-hydrogen) atoms. The maximum atomic E-state index is 12.7. The molecule has 1 N–H and O–H groups in total. The molecule has 0 aliphatic carbocycles. The first-order chi connectivity index (χ1) is 14.2. The van der Waals surface area contributed by atoms with E-state index in [1.807, 2.05) is 31.7 Å². The number of carbonyl (C=O) groups excluding carboxylic acids is 1. The van der Waals surface area contributed by atoms with Crippen LogP contribution in [0.4, 0.5) is 5.82 Å². The Morgan fingerprint density at radius 1 is 1.10 bits per heavy atom. The number of rotatable bonds is 4. The fourth-order valence-electron chi connectivity index (χ4n) is 4.15. The number of likely N-dealkylation sites (tertiary alicyclic amines) is 1. The summed E-state index contributed by atoms with van der Waals surface area (Å²) in [7, 11) is 1.91. The van der Waals surface area contributed by atoms with Crippen LogP contribution in [0.1, 0.15) is 12.8 Å². The number of aromatic nitrogens is 3. The Labute approximate surface area is 169 Å². The van der Waals surface area contributed by atoms with Gasteiger partial charge in [-0.3, -0.25) is 14.4 Å². The molecule has 0 saturated carbocycles. The fourth-order valence-corrected chi connectivity index (χ4v) is 4.15. The van der Waals surface area contributed by atoms with Crippen LogP contribution in [0.2, 0.25) is 0 Å². The van der Waals surface area contributed by atoms with Gasteiger partial charge in [0.25, 0.3) is 0 Å². The third-order valence-corrected chi connectivity index (χ3v) is 6.05. The smallest absolute Gasteiger partial charge is 0.228 e. The zero-order valence-electron chi connectivity index (χ0n) is 16.5. The lowest BCUT2D eigenvalue weighted by Gasteiger charge is -2.41. The molecule has 0 spiro atoms. The molecule has 1 amide bonds. The number of hydrogen-bond donors (Lipinski definition) is 1. The molecule has 3 aromatic rings. The van der Waals surface area contributed by atoms with Crippen LogP contribution in [0.5, 0.6) is 0 Å². The largest absolute Gasteiger partial charge is 0.378 e. The van der Waals surface area contributed by atoms with Crippen molar-refractivity contribution in [3.8, 4) is 11.1 Å². The number of amides is 1. The quantitative estimate of drug-likeness (QED) is 0.740. The first-order valence-electron chi connectivity index (χ1n) is 10.2. The summed E-state index contributed by atoms with van der Waals surface area (Å²) in [6.07, 6.45) is 7.44. The second-order valence-corrected chi connectivity index (χ2v) is 8.02. The summed E-state index contributed by atoms with van der Waals surface area (Å²) in [4.78, 5) is 19.6. The molecule has 7 nitrogen and oxygen atoms in total. The predicted molar refractivity (Wildman–Crippen MR) is 111 cm³/mol. The van der Waals surface area contributed by atoms with E-state index in [9.17, 15) is 4.79 Å². The van der Waals surface area contributed by atoms with Crippen molar-refractivity contribution in [3.05, 3.63) is 42.9 Å². The first-order valence-corrected chi connectivity index (χ1v) is 10.2. The van der Waals surface area contributed by atoms with Gasteiger partial charge in [0.15, 0.2) is 0 Å². The normalized spacial score (nSPS) is 18.7. The van der Waals surface area contributed by atoms with Crippen LogP contribution in [-0.4, -0.2) is 57.9 Å². The predicted octanol–water partition coefficient (Wildman–Crippen LogP) is 2.68. The Morgan fingerprint density at radius 2 is 1.93 bits per heavy atom. The SMILES string of the molecule is Cn1cc(-c2ccc3cnc(NC(=O)C4CCN(C5COC5)CC4)cc3c2)cn1. The Balaban J connectivity index is 1.28. The molecule has 150 valence electrons. The zero-order chi connectivity index (χ0) is 19.8. The molecule has 7 heteroatoms. The zero-order valence-corrected chi connectivity index (χ0v) is 16.5. The van der Waals surface area contributed by atoms with Crippen LogP contribution >= 0.6 is 0 Å². The highest BCUT2D eigenvalue weighted by atomic mass is 16.5. The molecule has 1 aromatic carbocycles. The molecule has 4 heterocycles. The lowest BCUT2D eigenvalue weighted by molar-refractivity contribution is -0.123. The van der Waals surface area contributed by atoms with Gasteiger partial charge in [-0.05, 0) is 49.0 Å². The standard InChI is InChI=1S/C22H25N5O2/c1-26-12-19(11-24-26)16-2-3-17-10-23-21(9-18(17)8-16)25-22(28)15-4-6-27(7-5-15)20-13-29-14-20/h2-3,8-12,15,20H,4-7,13-14H2,1H3,(H,23,25,28). The van der Waals surface area contributed by atoms with E-state index in [0.29, 0.717) is 11.9 Å². The first kappa shape index (κ1) is 18.3. The number of piperidine rings is 1. The van der Waals surface area contributed by atoms with E-state index in [1.165, 1.54) is 0 Å². The van der Waals surface area contributed by atoms with Crippen molar-refractivity contribution < 1.29 is 9.53 Å². The van der Waals surface area contributed by atoms with Crippen LogP contribution < -0.4 is 5.32 Å². The lowest BCUT2D eigenvalue weighted by Crippen LogP contribution is -2.52. The van der Waals surface area contributed by atoms with Crippen molar-refractivity contribution in [2.75, 3.05) is 31.6 Å². The van der Waals surface area contributed by atoms with E-state index in [4.69, 9.17) is 4.74 Å². The molecule has 2 aliphatic heterocycles. The minimum atomic E-state index is 0.0477. The van der Waals surface area contributed by atoms with E-state index in [1.54, 1.807) is 4.68 Å². The number of fused-ring (bicyclic) bond motifs is 1. The molecule has 5 rings (SSSR count). The molecule has 0 atom stereocenters. The second-order valence-electron chi connectivity index (χ2n) is 8.02. The molecule has 2 aromatic heterocycles. The third-order valence-electron chi connectivity index (χ3n) is 6.05. The summed E-state index contributed by atoms with van der Waals surface area (Å²) in [5.41, 5.74) is 2.17. The van der Waals surface area contributed by atoms with Gasteiger partial charge >= 0.3 is 0 Å². The van der Waals surface area contributed by atoms with Crippen molar-refractivity contribution >= 4 is 22.5 Å². The number of nitrogens with one attached hydrogen (secondary N) is 1. The molecule has 0 bridgehead atoms. The summed E-state index contributed by atoms with van der Waals surface area (Å²) in [5.74, 6) is 0.733. The average molecular weight is 391 g/mol. The summed E-state index contributed by atoms with van der Waals surface area (Å²) >= 11 is 0. The molecule has 2 fully saturated rings. The number of anilines is 1. The number of aryl methyl sites for hydroxylation is 1. The maximum absolute atomic E-state index is 12.7. The van der Waals surface area contributed by atoms with Crippen molar-refractivity contribution in [3.63, 3.8) is 0 Å². The fraction of sp³-hybridized carbons (Fsp3) is 0.409. The highest BCUT2D eigenvalue weighted by Crippen LogP contribution is 2.26. The summed E-state index contributed by atoms with van der Waals surface area (Å²) in [6, 6.07) is 8.74. The lowest BCUT2D eigenvalue weighted by atomic mass is 9.94. The Hall–Kier alpha value is -2.77. The van der Waals surface area contributed by atoms with Crippen LogP contribution in [0.15, 0.2) is 42.9 Å². The van der Waals surface area contributed by atoms with Crippen molar-refractivity contribution in [1.82, 2.24) is 19.7 Å². The van der Waals surface area contributed by atoms with Gasteiger partial charge in [0.2, 0.25) is 5.91 Å². The van der Waals surface area contributed by atoms with Crippen molar-refractivity contribution in [2.45, 2.75) is 18.9 Å². The van der Waals surface area contributed by atoms with E-state index in [-0.39, 0.29) is 11.8 Å². The molecule has 2 aliphatic rings. The number of nitrogens with zero attached hydrogens (tertiary/aromatic N) is 4. The molecule has 0 radical (unpaired) electrons. The van der Waals surface area contributed by atoms with Crippen LogP contribution in [0, 0.1) is 5.92 Å². The molecular weight excluding hydrogens is 366 g/mol. The average Bonchev–Trinajstić information content (AvgIpc) is 3.13. The van der Waals surface area contributed by atoms with Gasteiger partial charge in [-0.1, -0.05) is 12.1 Å². The van der Waals surface area contributed by atoms with Gasteiger partial charge in [0.05, 0.1) is 25.5 Å². The Morgan fingerprint density at radius 3 is 2.62 bits per heavy atom. The van der Waals surface area contributed by atoms with Gasteiger partial charge in [-0.15, -0.1) is 0 Å². The number of ether oxygens (including phenoxy) is 1. The van der Waals surface area contributed by atoms with Gasteiger partial charge < -0.3 is 10.1 Å². The second kappa shape index (κ2) is 7.57. The topological polar surface area (TPSA) is 72.3 Å². The van der Waals surface area contributed by atoms with Crippen LogP contribution in [0.25, 0.3) is 21.9 Å². The Bertz CT molecular complexity index is 1030. The van der Waals surface area contributed by atoms with Crippen molar-refractivity contribution in [1.29, 1.82) is 0 Å². The van der Waals surface area contributed by atoms with Crippen LogP contribution in [0.3, 0.4) is 0 Å². The number of hydrogen-bond acceptors (Lipinski definition) is 5. The molecular formula is C22H25N5O2. The van der Waals surface area contributed by atoms with E-state index >= 15 is 0 Å². The third kappa shape index (κ3) is 3.75. The molecule has 2 saturated heterocycles. The van der Waals surface area contributed by atoms with Gasteiger partial charge in [-0.2, -0.15) is 5.10 Å². The highest BCUT2D eigenvalue weighted by molar-refractivity contribution is 5.95. The Kier molecular flexibility index (Phi) is 4.77. The summed E-state index contributed by atoms with van der Waals surface area (Å²) < 4.78 is 7.07. The molecule has 0 unspecified atom stereocenters.